The summed E-state index contributed by atoms with van der Waals surface area (Å²) in [4.78, 5) is 14.3. The second-order valence-corrected chi connectivity index (χ2v) is 6.03. The van der Waals surface area contributed by atoms with Gasteiger partial charge in [-0.05, 0) is 56.8 Å². The Kier molecular flexibility index (Phi) is 5.22. The van der Waals surface area contributed by atoms with Gasteiger partial charge in [-0.3, -0.25) is 4.79 Å². The highest BCUT2D eigenvalue weighted by molar-refractivity contribution is 5.94. The van der Waals surface area contributed by atoms with Crippen molar-refractivity contribution in [1.29, 1.82) is 0 Å². The Labute approximate surface area is 131 Å². The van der Waals surface area contributed by atoms with Gasteiger partial charge >= 0.3 is 0 Å². The number of rotatable bonds is 1. The Morgan fingerprint density at radius 3 is 2.48 bits per heavy atom. The fraction of sp³-hybridized carbons (Fsp3) is 0.562. The van der Waals surface area contributed by atoms with E-state index in [1.807, 2.05) is 11.8 Å². The van der Waals surface area contributed by atoms with Gasteiger partial charge in [-0.1, -0.05) is 11.6 Å². The van der Waals surface area contributed by atoms with Crippen LogP contribution in [0, 0.1) is 24.6 Å². The molecule has 1 aromatic carbocycles. The average molecular weight is 313 g/mol. The highest BCUT2D eigenvalue weighted by Gasteiger charge is 2.32. The molecule has 2 heterocycles. The molecule has 0 aliphatic carbocycles. The lowest BCUT2D eigenvalue weighted by molar-refractivity contribution is 0.0753. The third-order valence-corrected chi connectivity index (χ3v) is 4.66. The second kappa shape index (κ2) is 6.75. The Balaban J connectivity index is 0.00000161. The summed E-state index contributed by atoms with van der Waals surface area (Å²) in [5.74, 6) is 0.788. The van der Waals surface area contributed by atoms with Crippen LogP contribution in [0.4, 0.5) is 4.39 Å². The summed E-state index contributed by atoms with van der Waals surface area (Å²) >= 11 is 0. The maximum Gasteiger partial charge on any atom is 0.256 e. The van der Waals surface area contributed by atoms with Crippen molar-refractivity contribution in [2.45, 2.75) is 19.8 Å². The lowest BCUT2D eigenvalue weighted by Crippen LogP contribution is -2.33. The number of nitrogens with zero attached hydrogens (tertiary/aromatic N) is 1. The molecule has 3 rings (SSSR count). The Morgan fingerprint density at radius 1 is 1.24 bits per heavy atom. The number of aryl methyl sites for hydroxylation is 1. The van der Waals surface area contributed by atoms with Gasteiger partial charge in [0, 0.05) is 13.1 Å². The minimum absolute atomic E-state index is 0. The van der Waals surface area contributed by atoms with E-state index in [-0.39, 0.29) is 23.9 Å². The summed E-state index contributed by atoms with van der Waals surface area (Å²) in [5, 5.41) is 3.42. The van der Waals surface area contributed by atoms with Crippen LogP contribution in [0.5, 0.6) is 0 Å². The zero-order valence-electron chi connectivity index (χ0n) is 12.3. The highest BCUT2D eigenvalue weighted by Crippen LogP contribution is 2.28. The molecular weight excluding hydrogens is 291 g/mol. The van der Waals surface area contributed by atoms with Crippen LogP contribution in [0.25, 0.3) is 0 Å². The Hall–Kier alpha value is -1.13. The van der Waals surface area contributed by atoms with Crippen molar-refractivity contribution in [3.8, 4) is 0 Å². The standard InChI is InChI=1S/C16H21FN2O.ClH/c1-11-2-3-15(17)14(8-11)16(20)19-6-4-12-9-18-10-13(12)5-7-19;/h2-3,8,12-13,18H,4-7,9-10H2,1H3;1H/t12-,13+;. The third-order valence-electron chi connectivity index (χ3n) is 4.66. The minimum atomic E-state index is -0.410. The van der Waals surface area contributed by atoms with E-state index in [1.165, 1.54) is 6.07 Å². The number of likely N-dealkylation sites (tertiary alicyclic amines) is 1. The predicted molar refractivity (Wildman–Crippen MR) is 83.4 cm³/mol. The van der Waals surface area contributed by atoms with Crippen molar-refractivity contribution < 1.29 is 9.18 Å². The number of benzene rings is 1. The Morgan fingerprint density at radius 2 is 1.86 bits per heavy atom. The van der Waals surface area contributed by atoms with Gasteiger partial charge in [0.15, 0.2) is 0 Å². The van der Waals surface area contributed by atoms with Crippen LogP contribution in [0.15, 0.2) is 18.2 Å². The van der Waals surface area contributed by atoms with E-state index in [4.69, 9.17) is 0 Å². The zero-order chi connectivity index (χ0) is 14.1. The maximum absolute atomic E-state index is 13.8. The van der Waals surface area contributed by atoms with Crippen molar-refractivity contribution in [1.82, 2.24) is 10.2 Å². The van der Waals surface area contributed by atoms with Crippen molar-refractivity contribution in [3.05, 3.63) is 35.1 Å². The molecule has 3 nitrogen and oxygen atoms in total. The number of carbonyl (C=O) groups is 1. The number of nitrogens with one attached hydrogen (secondary N) is 1. The zero-order valence-corrected chi connectivity index (χ0v) is 13.1. The molecule has 21 heavy (non-hydrogen) atoms. The largest absolute Gasteiger partial charge is 0.339 e. The summed E-state index contributed by atoms with van der Waals surface area (Å²) < 4.78 is 13.8. The first-order valence-corrected chi connectivity index (χ1v) is 7.41. The fourth-order valence-electron chi connectivity index (χ4n) is 3.39. The molecule has 1 N–H and O–H groups in total. The number of amides is 1. The van der Waals surface area contributed by atoms with Gasteiger partial charge in [0.25, 0.3) is 5.91 Å². The summed E-state index contributed by atoms with van der Waals surface area (Å²) in [6.07, 6.45) is 2.05. The molecule has 0 aromatic heterocycles. The average Bonchev–Trinajstić information content (AvgIpc) is 2.80. The first-order chi connectivity index (χ1) is 9.65. The van der Waals surface area contributed by atoms with E-state index in [0.717, 1.165) is 44.6 Å². The summed E-state index contributed by atoms with van der Waals surface area (Å²) in [6.45, 7) is 5.50. The van der Waals surface area contributed by atoms with Gasteiger partial charge in [-0.2, -0.15) is 0 Å². The second-order valence-electron chi connectivity index (χ2n) is 6.03. The maximum atomic E-state index is 13.8. The molecule has 2 aliphatic rings. The van der Waals surface area contributed by atoms with E-state index < -0.39 is 5.82 Å². The lowest BCUT2D eigenvalue weighted by atomic mass is 9.92. The van der Waals surface area contributed by atoms with Crippen molar-refractivity contribution in [3.63, 3.8) is 0 Å². The molecule has 2 atom stereocenters. The van der Waals surface area contributed by atoms with Crippen LogP contribution in [0.3, 0.4) is 0 Å². The SMILES string of the molecule is Cc1ccc(F)c(C(=O)N2CC[C@@H]3CNC[C@@H]3CC2)c1.Cl. The summed E-state index contributed by atoms with van der Waals surface area (Å²) in [7, 11) is 0. The predicted octanol–water partition coefficient (Wildman–Crippen LogP) is 2.63. The van der Waals surface area contributed by atoms with E-state index in [1.54, 1.807) is 12.1 Å². The number of hydrogen-bond acceptors (Lipinski definition) is 2. The van der Waals surface area contributed by atoms with Crippen LogP contribution >= 0.6 is 12.4 Å². The van der Waals surface area contributed by atoms with Crippen molar-refractivity contribution in [2.75, 3.05) is 26.2 Å². The smallest absolute Gasteiger partial charge is 0.256 e. The molecule has 1 amide bonds. The molecule has 2 aliphatic heterocycles. The van der Waals surface area contributed by atoms with Crippen LogP contribution in [0.2, 0.25) is 0 Å². The van der Waals surface area contributed by atoms with Gasteiger partial charge in [-0.25, -0.2) is 4.39 Å². The summed E-state index contributed by atoms with van der Waals surface area (Å²) in [6, 6.07) is 4.74. The molecule has 2 saturated heterocycles. The number of fused-ring (bicyclic) bond motifs is 1. The summed E-state index contributed by atoms with van der Waals surface area (Å²) in [5.41, 5.74) is 1.14. The first kappa shape index (κ1) is 16.2. The van der Waals surface area contributed by atoms with Gasteiger partial charge in [0.2, 0.25) is 0 Å². The topological polar surface area (TPSA) is 32.3 Å². The molecule has 0 bridgehead atoms. The molecule has 5 heteroatoms. The third kappa shape index (κ3) is 3.38. The highest BCUT2D eigenvalue weighted by atomic mass is 35.5. The van der Waals surface area contributed by atoms with E-state index in [0.29, 0.717) is 11.8 Å². The van der Waals surface area contributed by atoms with E-state index in [9.17, 15) is 9.18 Å². The molecule has 1 aromatic rings. The Bertz CT molecular complexity index is 509. The van der Waals surface area contributed by atoms with Gasteiger partial charge in [0.05, 0.1) is 5.56 Å². The van der Waals surface area contributed by atoms with Crippen LogP contribution in [0.1, 0.15) is 28.8 Å². The van der Waals surface area contributed by atoms with E-state index >= 15 is 0 Å². The molecule has 2 fully saturated rings. The molecular formula is C16H22ClFN2O. The van der Waals surface area contributed by atoms with Crippen LogP contribution in [-0.4, -0.2) is 37.0 Å². The van der Waals surface area contributed by atoms with Gasteiger partial charge < -0.3 is 10.2 Å². The number of hydrogen-bond donors (Lipinski definition) is 1. The first-order valence-electron chi connectivity index (χ1n) is 7.41. The van der Waals surface area contributed by atoms with E-state index in [2.05, 4.69) is 5.32 Å². The molecule has 0 spiro atoms. The van der Waals surface area contributed by atoms with Crippen LogP contribution < -0.4 is 5.32 Å². The normalized spacial score (nSPS) is 25.0. The van der Waals surface area contributed by atoms with Gasteiger partial charge in [0.1, 0.15) is 5.82 Å². The lowest BCUT2D eigenvalue weighted by Gasteiger charge is -2.21. The molecule has 0 unspecified atom stereocenters. The fourth-order valence-corrected chi connectivity index (χ4v) is 3.39. The van der Waals surface area contributed by atoms with Crippen LogP contribution in [-0.2, 0) is 0 Å². The van der Waals surface area contributed by atoms with Gasteiger partial charge in [-0.15, -0.1) is 12.4 Å². The van der Waals surface area contributed by atoms with Crippen molar-refractivity contribution >= 4 is 18.3 Å². The molecule has 116 valence electrons. The number of halogens is 2. The minimum Gasteiger partial charge on any atom is -0.339 e. The molecule has 0 saturated carbocycles. The molecule has 0 radical (unpaired) electrons. The number of carbonyl (C=O) groups excluding carboxylic acids is 1. The van der Waals surface area contributed by atoms with Crippen molar-refractivity contribution in [2.24, 2.45) is 11.8 Å². The quantitative estimate of drug-likeness (QED) is 0.864. The monoisotopic (exact) mass is 312 g/mol.